The van der Waals surface area contributed by atoms with E-state index in [0.717, 1.165) is 27.4 Å². The molecule has 83 valence electrons. The molecule has 1 nitrogen and oxygen atoms in total. The molecule has 0 amide bonds. The van der Waals surface area contributed by atoms with E-state index < -0.39 is 0 Å². The highest BCUT2D eigenvalue weighted by atomic mass is 28.1. The van der Waals surface area contributed by atoms with Crippen molar-refractivity contribution in [1.29, 1.82) is 0 Å². The summed E-state index contributed by atoms with van der Waals surface area (Å²) in [7, 11) is 3.53. The Bertz CT molecular complexity index is 559. The zero-order valence-corrected chi connectivity index (χ0v) is 10.9. The highest BCUT2D eigenvalue weighted by Crippen LogP contribution is 2.15. The standard InChI is InChI=1S/C15H13OSi/c1-10-11(2)14(17)9-8-13(10)15(16)12-6-4-3-5-7-12/h3-9H,1-2H3. The first-order valence-electron chi connectivity index (χ1n) is 5.53. The molecule has 0 heterocycles. The van der Waals surface area contributed by atoms with E-state index in [1.165, 1.54) is 0 Å². The Labute approximate surface area is 105 Å². The summed E-state index contributed by atoms with van der Waals surface area (Å²) in [6.45, 7) is 3.99. The van der Waals surface area contributed by atoms with Crippen molar-refractivity contribution in [3.8, 4) is 0 Å². The topological polar surface area (TPSA) is 17.1 Å². The van der Waals surface area contributed by atoms with Crippen LogP contribution in [-0.4, -0.2) is 16.0 Å². The molecule has 0 spiro atoms. The summed E-state index contributed by atoms with van der Waals surface area (Å²) in [5.74, 6) is 0.0814. The molecule has 0 bridgehead atoms. The highest BCUT2D eigenvalue weighted by molar-refractivity contribution is 6.33. The zero-order valence-electron chi connectivity index (χ0n) is 9.95. The summed E-state index contributed by atoms with van der Waals surface area (Å²) in [4.78, 5) is 12.3. The molecular weight excluding hydrogens is 224 g/mol. The van der Waals surface area contributed by atoms with Gasteiger partial charge in [0.15, 0.2) is 5.78 Å². The number of hydrogen-bond donors (Lipinski definition) is 0. The van der Waals surface area contributed by atoms with Gasteiger partial charge in [0.2, 0.25) is 0 Å². The molecule has 0 saturated carbocycles. The van der Waals surface area contributed by atoms with Gasteiger partial charge in [-0.2, -0.15) is 0 Å². The first-order chi connectivity index (χ1) is 8.11. The van der Waals surface area contributed by atoms with Gasteiger partial charge in [0.05, 0.1) is 10.2 Å². The van der Waals surface area contributed by atoms with Crippen molar-refractivity contribution >= 4 is 21.2 Å². The molecular formula is C15H13OSi. The molecule has 17 heavy (non-hydrogen) atoms. The fourth-order valence-electron chi connectivity index (χ4n) is 1.81. The smallest absolute Gasteiger partial charge is 0.193 e. The van der Waals surface area contributed by atoms with Crippen LogP contribution in [0.15, 0.2) is 42.5 Å². The normalized spacial score (nSPS) is 10.3. The van der Waals surface area contributed by atoms with Gasteiger partial charge in [0, 0.05) is 11.1 Å². The largest absolute Gasteiger partial charge is 0.289 e. The van der Waals surface area contributed by atoms with E-state index in [1.807, 2.05) is 56.3 Å². The molecule has 0 aliphatic rings. The van der Waals surface area contributed by atoms with Crippen LogP contribution in [0.25, 0.3) is 0 Å². The first-order valence-corrected chi connectivity index (χ1v) is 6.03. The van der Waals surface area contributed by atoms with Crippen LogP contribution in [0.2, 0.25) is 0 Å². The molecule has 0 N–H and O–H groups in total. The molecule has 3 radical (unpaired) electrons. The van der Waals surface area contributed by atoms with Crippen LogP contribution < -0.4 is 5.19 Å². The maximum Gasteiger partial charge on any atom is 0.193 e. The fraction of sp³-hybridized carbons (Fsp3) is 0.133. The van der Waals surface area contributed by atoms with Gasteiger partial charge in [0.25, 0.3) is 0 Å². The number of ketones is 1. The number of rotatable bonds is 2. The Morgan fingerprint density at radius 3 is 2.24 bits per heavy atom. The summed E-state index contributed by atoms with van der Waals surface area (Å²) in [6.07, 6.45) is 0. The third kappa shape index (κ3) is 2.22. The van der Waals surface area contributed by atoms with Gasteiger partial charge < -0.3 is 0 Å². The average Bonchev–Trinajstić information content (AvgIpc) is 2.36. The van der Waals surface area contributed by atoms with Crippen molar-refractivity contribution in [2.45, 2.75) is 13.8 Å². The van der Waals surface area contributed by atoms with E-state index in [9.17, 15) is 4.79 Å². The van der Waals surface area contributed by atoms with Crippen LogP contribution in [0.3, 0.4) is 0 Å². The van der Waals surface area contributed by atoms with Gasteiger partial charge in [-0.25, -0.2) is 0 Å². The van der Waals surface area contributed by atoms with Crippen LogP contribution in [0.1, 0.15) is 27.0 Å². The number of benzene rings is 2. The van der Waals surface area contributed by atoms with Gasteiger partial charge in [0.1, 0.15) is 0 Å². The monoisotopic (exact) mass is 237 g/mol. The quantitative estimate of drug-likeness (QED) is 0.579. The van der Waals surface area contributed by atoms with E-state index in [1.54, 1.807) is 0 Å². The van der Waals surface area contributed by atoms with Gasteiger partial charge in [-0.3, -0.25) is 4.79 Å². The summed E-state index contributed by atoms with van der Waals surface area (Å²) in [5.41, 5.74) is 3.65. The minimum atomic E-state index is 0.0814. The molecule has 2 heteroatoms. The Balaban J connectivity index is 2.49. The average molecular weight is 237 g/mol. The van der Waals surface area contributed by atoms with Crippen LogP contribution >= 0.6 is 0 Å². The summed E-state index contributed by atoms with van der Waals surface area (Å²) in [6, 6.07) is 13.2. The third-order valence-electron chi connectivity index (χ3n) is 3.07. The summed E-state index contributed by atoms with van der Waals surface area (Å²) in [5, 5.41) is 1.03. The molecule has 0 fully saturated rings. The number of hydrogen-bond acceptors (Lipinski definition) is 1. The van der Waals surface area contributed by atoms with Crippen molar-refractivity contribution in [3.63, 3.8) is 0 Å². The van der Waals surface area contributed by atoms with Crippen molar-refractivity contribution in [2.75, 3.05) is 0 Å². The van der Waals surface area contributed by atoms with Crippen LogP contribution in [0, 0.1) is 13.8 Å². The van der Waals surface area contributed by atoms with E-state index in [-0.39, 0.29) is 5.78 Å². The van der Waals surface area contributed by atoms with E-state index in [0.29, 0.717) is 0 Å². The Morgan fingerprint density at radius 2 is 1.59 bits per heavy atom. The molecule has 0 atom stereocenters. The minimum absolute atomic E-state index is 0.0814. The lowest BCUT2D eigenvalue weighted by atomic mass is 9.96. The summed E-state index contributed by atoms with van der Waals surface area (Å²) < 4.78 is 0. The second-order valence-electron chi connectivity index (χ2n) is 4.11. The van der Waals surface area contributed by atoms with Gasteiger partial charge in [-0.05, 0) is 25.0 Å². The Hall–Kier alpha value is -1.67. The first kappa shape index (κ1) is 11.8. The molecule has 2 aromatic carbocycles. The van der Waals surface area contributed by atoms with Crippen molar-refractivity contribution < 1.29 is 4.79 Å². The van der Waals surface area contributed by atoms with Crippen molar-refractivity contribution in [3.05, 3.63) is 64.7 Å². The molecule has 2 rings (SSSR count). The Morgan fingerprint density at radius 1 is 0.941 bits per heavy atom. The zero-order chi connectivity index (χ0) is 12.4. The van der Waals surface area contributed by atoms with Gasteiger partial charge >= 0.3 is 0 Å². The Kier molecular flexibility index (Phi) is 3.25. The lowest BCUT2D eigenvalue weighted by Gasteiger charge is -2.10. The molecule has 0 aliphatic carbocycles. The molecule has 0 saturated heterocycles. The number of carbonyl (C=O) groups is 1. The fourth-order valence-corrected chi connectivity index (χ4v) is 2.08. The maximum absolute atomic E-state index is 12.3. The molecule has 2 aromatic rings. The van der Waals surface area contributed by atoms with Crippen molar-refractivity contribution in [2.24, 2.45) is 0 Å². The van der Waals surface area contributed by atoms with E-state index in [2.05, 4.69) is 10.2 Å². The van der Waals surface area contributed by atoms with Gasteiger partial charge in [-0.1, -0.05) is 47.7 Å². The highest BCUT2D eigenvalue weighted by Gasteiger charge is 2.12. The summed E-state index contributed by atoms with van der Waals surface area (Å²) >= 11 is 0. The second kappa shape index (κ2) is 4.68. The number of carbonyl (C=O) groups excluding carboxylic acids is 1. The lowest BCUT2D eigenvalue weighted by Crippen LogP contribution is -2.13. The molecule has 0 aliphatic heterocycles. The van der Waals surface area contributed by atoms with Gasteiger partial charge in [-0.15, -0.1) is 0 Å². The maximum atomic E-state index is 12.3. The van der Waals surface area contributed by atoms with Crippen molar-refractivity contribution in [1.82, 2.24) is 0 Å². The predicted molar refractivity (Wildman–Crippen MR) is 71.2 cm³/mol. The van der Waals surface area contributed by atoms with Crippen LogP contribution in [0.4, 0.5) is 0 Å². The van der Waals surface area contributed by atoms with E-state index in [4.69, 9.17) is 0 Å². The molecule has 0 aromatic heterocycles. The minimum Gasteiger partial charge on any atom is -0.289 e. The SMILES string of the molecule is Cc1c([Si])ccc(C(=O)c2ccccc2)c1C. The second-order valence-corrected chi connectivity index (χ2v) is 4.64. The van der Waals surface area contributed by atoms with Crippen LogP contribution in [0.5, 0.6) is 0 Å². The van der Waals surface area contributed by atoms with Crippen LogP contribution in [-0.2, 0) is 0 Å². The van der Waals surface area contributed by atoms with E-state index >= 15 is 0 Å². The lowest BCUT2D eigenvalue weighted by molar-refractivity contribution is 0.103. The molecule has 0 unspecified atom stereocenters. The third-order valence-corrected chi connectivity index (χ3v) is 3.61. The predicted octanol–water partition coefficient (Wildman–Crippen LogP) is 2.33.